The topological polar surface area (TPSA) is 15.3 Å². The van der Waals surface area contributed by atoms with Crippen LogP contribution in [0.4, 0.5) is 0 Å². The fourth-order valence-corrected chi connectivity index (χ4v) is 1.74. The van der Waals surface area contributed by atoms with Gasteiger partial charge in [0.25, 0.3) is 0 Å². The second-order valence-electron chi connectivity index (χ2n) is 4.40. The van der Waals surface area contributed by atoms with Crippen LogP contribution in [0.5, 0.6) is 0 Å². The molecule has 0 rings (SSSR count). The zero-order valence-electron chi connectivity index (χ0n) is 10.6. The van der Waals surface area contributed by atoms with Crippen LogP contribution < -0.4 is 5.32 Å². The van der Waals surface area contributed by atoms with Crippen molar-refractivity contribution in [3.63, 3.8) is 0 Å². The maximum absolute atomic E-state index is 3.51. The molecule has 0 spiro atoms. The van der Waals surface area contributed by atoms with E-state index in [1.165, 1.54) is 25.9 Å². The standard InChI is InChI=1S/C12H28N2/c1-6-11(4)9-14(5)10-12(7-2)13-8-3/h11-13H,6-10H2,1-5H3. The summed E-state index contributed by atoms with van der Waals surface area (Å²) in [6.45, 7) is 12.5. The second kappa shape index (κ2) is 8.25. The highest BCUT2D eigenvalue weighted by molar-refractivity contribution is 4.69. The number of hydrogen-bond donors (Lipinski definition) is 1. The average Bonchev–Trinajstić information content (AvgIpc) is 2.16. The van der Waals surface area contributed by atoms with E-state index in [-0.39, 0.29) is 0 Å². The van der Waals surface area contributed by atoms with Crippen molar-refractivity contribution < 1.29 is 0 Å². The number of likely N-dealkylation sites (N-methyl/N-ethyl adjacent to an activating group) is 2. The zero-order valence-corrected chi connectivity index (χ0v) is 10.6. The predicted molar refractivity (Wildman–Crippen MR) is 64.7 cm³/mol. The van der Waals surface area contributed by atoms with Crippen LogP contribution in [0.25, 0.3) is 0 Å². The lowest BCUT2D eigenvalue weighted by Crippen LogP contribution is -2.40. The van der Waals surface area contributed by atoms with Crippen LogP contribution in [0, 0.1) is 5.92 Å². The Hall–Kier alpha value is -0.0800. The Kier molecular flexibility index (Phi) is 8.20. The molecule has 0 heterocycles. The van der Waals surface area contributed by atoms with Gasteiger partial charge in [-0.3, -0.25) is 0 Å². The normalized spacial score (nSPS) is 15.9. The van der Waals surface area contributed by atoms with Gasteiger partial charge in [0.05, 0.1) is 0 Å². The van der Waals surface area contributed by atoms with Gasteiger partial charge in [0.1, 0.15) is 0 Å². The third-order valence-corrected chi connectivity index (χ3v) is 2.84. The lowest BCUT2D eigenvalue weighted by atomic mass is 10.1. The van der Waals surface area contributed by atoms with E-state index in [1.807, 2.05) is 0 Å². The van der Waals surface area contributed by atoms with Gasteiger partial charge in [-0.1, -0.05) is 34.1 Å². The molecule has 14 heavy (non-hydrogen) atoms. The highest BCUT2D eigenvalue weighted by Crippen LogP contribution is 2.03. The molecule has 2 atom stereocenters. The molecule has 2 unspecified atom stereocenters. The van der Waals surface area contributed by atoms with Gasteiger partial charge in [-0.2, -0.15) is 0 Å². The fraction of sp³-hybridized carbons (Fsp3) is 1.00. The summed E-state index contributed by atoms with van der Waals surface area (Å²) in [5, 5.41) is 3.51. The van der Waals surface area contributed by atoms with Crippen molar-refractivity contribution >= 4 is 0 Å². The first-order chi connectivity index (χ1) is 6.63. The third kappa shape index (κ3) is 6.39. The molecule has 0 fully saturated rings. The number of nitrogens with one attached hydrogen (secondary N) is 1. The molecule has 0 aliphatic heterocycles. The van der Waals surface area contributed by atoms with Gasteiger partial charge in [-0.15, -0.1) is 0 Å². The molecular formula is C12H28N2. The van der Waals surface area contributed by atoms with E-state index in [1.54, 1.807) is 0 Å². The molecule has 0 saturated heterocycles. The molecule has 0 aromatic rings. The summed E-state index contributed by atoms with van der Waals surface area (Å²) < 4.78 is 0. The Morgan fingerprint density at radius 2 is 1.71 bits per heavy atom. The highest BCUT2D eigenvalue weighted by atomic mass is 15.1. The van der Waals surface area contributed by atoms with Gasteiger partial charge in [0.15, 0.2) is 0 Å². The molecular weight excluding hydrogens is 172 g/mol. The maximum Gasteiger partial charge on any atom is 0.0192 e. The summed E-state index contributed by atoms with van der Waals surface area (Å²) in [5.74, 6) is 0.819. The van der Waals surface area contributed by atoms with Crippen LogP contribution in [0.1, 0.15) is 40.5 Å². The van der Waals surface area contributed by atoms with Crippen LogP contribution in [0.3, 0.4) is 0 Å². The van der Waals surface area contributed by atoms with Crippen molar-refractivity contribution in [2.45, 2.75) is 46.6 Å². The van der Waals surface area contributed by atoms with Gasteiger partial charge in [-0.05, 0) is 25.9 Å². The quantitative estimate of drug-likeness (QED) is 0.647. The first kappa shape index (κ1) is 13.9. The number of nitrogens with zero attached hydrogens (tertiary/aromatic N) is 1. The van der Waals surface area contributed by atoms with Crippen molar-refractivity contribution in [1.82, 2.24) is 10.2 Å². The Bertz CT molecular complexity index is 125. The maximum atomic E-state index is 3.51. The van der Waals surface area contributed by atoms with Crippen LogP contribution in [-0.2, 0) is 0 Å². The minimum absolute atomic E-state index is 0.661. The first-order valence-corrected chi connectivity index (χ1v) is 6.05. The Balaban J connectivity index is 3.71. The van der Waals surface area contributed by atoms with Gasteiger partial charge in [-0.25, -0.2) is 0 Å². The van der Waals surface area contributed by atoms with E-state index in [9.17, 15) is 0 Å². The molecule has 2 heteroatoms. The average molecular weight is 200 g/mol. The molecule has 0 aliphatic carbocycles. The SMILES string of the molecule is CCNC(CC)CN(C)CC(C)CC. The lowest BCUT2D eigenvalue weighted by Gasteiger charge is -2.25. The van der Waals surface area contributed by atoms with Crippen molar-refractivity contribution in [3.05, 3.63) is 0 Å². The molecule has 1 N–H and O–H groups in total. The number of hydrogen-bond acceptors (Lipinski definition) is 2. The lowest BCUT2D eigenvalue weighted by molar-refractivity contribution is 0.250. The van der Waals surface area contributed by atoms with Crippen molar-refractivity contribution in [1.29, 1.82) is 0 Å². The molecule has 0 aliphatic rings. The van der Waals surface area contributed by atoms with Gasteiger partial charge < -0.3 is 10.2 Å². The molecule has 0 aromatic heterocycles. The van der Waals surface area contributed by atoms with Crippen molar-refractivity contribution in [2.75, 3.05) is 26.7 Å². The van der Waals surface area contributed by atoms with E-state index in [0.717, 1.165) is 12.5 Å². The van der Waals surface area contributed by atoms with Crippen LogP contribution in [-0.4, -0.2) is 37.6 Å². The summed E-state index contributed by atoms with van der Waals surface area (Å²) in [4.78, 5) is 2.45. The summed E-state index contributed by atoms with van der Waals surface area (Å²) in [7, 11) is 2.23. The monoisotopic (exact) mass is 200 g/mol. The Morgan fingerprint density at radius 3 is 2.14 bits per heavy atom. The van der Waals surface area contributed by atoms with Gasteiger partial charge in [0.2, 0.25) is 0 Å². The third-order valence-electron chi connectivity index (χ3n) is 2.84. The molecule has 2 nitrogen and oxygen atoms in total. The van der Waals surface area contributed by atoms with E-state index in [4.69, 9.17) is 0 Å². The van der Waals surface area contributed by atoms with E-state index >= 15 is 0 Å². The van der Waals surface area contributed by atoms with Gasteiger partial charge in [0, 0.05) is 19.1 Å². The Morgan fingerprint density at radius 1 is 1.07 bits per heavy atom. The van der Waals surface area contributed by atoms with E-state index in [2.05, 4.69) is 45.0 Å². The zero-order chi connectivity index (χ0) is 11.0. The van der Waals surface area contributed by atoms with E-state index < -0.39 is 0 Å². The second-order valence-corrected chi connectivity index (χ2v) is 4.40. The largest absolute Gasteiger partial charge is 0.313 e. The van der Waals surface area contributed by atoms with Crippen LogP contribution >= 0.6 is 0 Å². The minimum atomic E-state index is 0.661. The summed E-state index contributed by atoms with van der Waals surface area (Å²) in [6, 6.07) is 0.661. The predicted octanol–water partition coefficient (Wildman–Crippen LogP) is 2.35. The first-order valence-electron chi connectivity index (χ1n) is 6.05. The highest BCUT2D eigenvalue weighted by Gasteiger charge is 2.09. The molecule has 0 aromatic carbocycles. The van der Waals surface area contributed by atoms with Crippen LogP contribution in [0.15, 0.2) is 0 Å². The minimum Gasteiger partial charge on any atom is -0.313 e. The molecule has 86 valence electrons. The summed E-state index contributed by atoms with van der Waals surface area (Å²) in [6.07, 6.45) is 2.50. The molecule has 0 saturated carbocycles. The Labute approximate surface area is 90.1 Å². The fourth-order valence-electron chi connectivity index (χ4n) is 1.74. The van der Waals surface area contributed by atoms with Gasteiger partial charge >= 0.3 is 0 Å². The van der Waals surface area contributed by atoms with E-state index in [0.29, 0.717) is 6.04 Å². The van der Waals surface area contributed by atoms with Crippen molar-refractivity contribution in [3.8, 4) is 0 Å². The molecule has 0 bridgehead atoms. The summed E-state index contributed by atoms with van der Waals surface area (Å²) >= 11 is 0. The molecule has 0 radical (unpaired) electrons. The summed E-state index contributed by atoms with van der Waals surface area (Å²) in [5.41, 5.74) is 0. The smallest absolute Gasteiger partial charge is 0.0192 e. The van der Waals surface area contributed by atoms with Crippen molar-refractivity contribution in [2.24, 2.45) is 5.92 Å². The molecule has 0 amide bonds. The van der Waals surface area contributed by atoms with Crippen LogP contribution in [0.2, 0.25) is 0 Å². The number of rotatable bonds is 8.